The Bertz CT molecular complexity index is 1000. The number of H-pyrrole nitrogens is 1. The van der Waals surface area contributed by atoms with Gasteiger partial charge >= 0.3 is 0 Å². The summed E-state index contributed by atoms with van der Waals surface area (Å²) in [6, 6.07) is 15.8. The summed E-state index contributed by atoms with van der Waals surface area (Å²) in [4.78, 5) is 31.6. The van der Waals surface area contributed by atoms with Crippen LogP contribution in [-0.2, 0) is 0 Å². The number of pyridine rings is 1. The first-order valence-electron chi connectivity index (χ1n) is 8.57. The summed E-state index contributed by atoms with van der Waals surface area (Å²) >= 11 is 0. The average Bonchev–Trinajstić information content (AvgIpc) is 2.67. The van der Waals surface area contributed by atoms with Crippen molar-refractivity contribution in [1.82, 2.24) is 9.88 Å². The van der Waals surface area contributed by atoms with Crippen LogP contribution < -0.4 is 10.5 Å². The third-order valence-electron chi connectivity index (χ3n) is 4.76. The lowest BCUT2D eigenvalue weighted by Gasteiger charge is -2.36. The lowest BCUT2D eigenvalue weighted by atomic mass is 10.1. The zero-order valence-electron chi connectivity index (χ0n) is 14.2. The third-order valence-corrected chi connectivity index (χ3v) is 4.76. The quantitative estimate of drug-likeness (QED) is 0.744. The highest BCUT2D eigenvalue weighted by Gasteiger charge is 2.24. The Morgan fingerprint density at radius 2 is 1.65 bits per heavy atom. The molecule has 0 spiro atoms. The van der Waals surface area contributed by atoms with Crippen molar-refractivity contribution in [2.75, 3.05) is 31.1 Å². The standard InChI is InChI=1S/C20H19N3O3/c24-15-7-5-14(6-8-15)22-9-11-23(12-10-22)20(26)17-13-19(25)21-18-4-2-1-3-16(17)18/h1-8,13,24H,9-12H2,(H,21,25). The van der Waals surface area contributed by atoms with E-state index in [0.29, 0.717) is 37.3 Å². The predicted octanol–water partition coefficient (Wildman–Crippen LogP) is 2.20. The number of phenols is 1. The van der Waals surface area contributed by atoms with Gasteiger partial charge in [-0.25, -0.2) is 0 Å². The molecule has 0 bridgehead atoms. The maximum absolute atomic E-state index is 13.0. The van der Waals surface area contributed by atoms with Gasteiger partial charge in [0.25, 0.3) is 5.91 Å². The molecule has 4 rings (SSSR count). The summed E-state index contributed by atoms with van der Waals surface area (Å²) in [6.07, 6.45) is 0. The molecule has 1 amide bonds. The number of aromatic nitrogens is 1. The molecule has 26 heavy (non-hydrogen) atoms. The number of nitrogens with one attached hydrogen (secondary N) is 1. The van der Waals surface area contributed by atoms with Crippen molar-refractivity contribution < 1.29 is 9.90 Å². The fourth-order valence-electron chi connectivity index (χ4n) is 3.38. The number of carbonyl (C=O) groups is 1. The van der Waals surface area contributed by atoms with Crippen molar-refractivity contribution in [3.63, 3.8) is 0 Å². The molecule has 1 saturated heterocycles. The maximum Gasteiger partial charge on any atom is 0.254 e. The van der Waals surface area contributed by atoms with Crippen molar-refractivity contribution in [2.45, 2.75) is 0 Å². The van der Waals surface area contributed by atoms with E-state index in [4.69, 9.17) is 0 Å². The zero-order chi connectivity index (χ0) is 18.1. The van der Waals surface area contributed by atoms with Gasteiger partial charge in [0.05, 0.1) is 5.56 Å². The Hall–Kier alpha value is -3.28. The van der Waals surface area contributed by atoms with Gasteiger partial charge in [-0.15, -0.1) is 0 Å². The van der Waals surface area contributed by atoms with Crippen LogP contribution in [-0.4, -0.2) is 47.1 Å². The molecule has 0 aliphatic carbocycles. The number of aromatic hydroxyl groups is 1. The number of para-hydroxylation sites is 1. The average molecular weight is 349 g/mol. The van der Waals surface area contributed by atoms with Crippen molar-refractivity contribution in [2.24, 2.45) is 0 Å². The highest BCUT2D eigenvalue weighted by Crippen LogP contribution is 2.21. The van der Waals surface area contributed by atoms with Crippen molar-refractivity contribution >= 4 is 22.5 Å². The molecule has 1 aliphatic rings. The third kappa shape index (κ3) is 3.01. The van der Waals surface area contributed by atoms with E-state index in [1.54, 1.807) is 23.1 Å². The lowest BCUT2D eigenvalue weighted by Crippen LogP contribution is -2.49. The first kappa shape index (κ1) is 16.2. The number of aromatic amines is 1. The molecular formula is C20H19N3O3. The lowest BCUT2D eigenvalue weighted by molar-refractivity contribution is 0.0748. The Morgan fingerprint density at radius 3 is 2.38 bits per heavy atom. The highest BCUT2D eigenvalue weighted by molar-refractivity contribution is 6.06. The predicted molar refractivity (Wildman–Crippen MR) is 101 cm³/mol. The molecular weight excluding hydrogens is 330 g/mol. The molecule has 3 aromatic rings. The number of amides is 1. The van der Waals surface area contributed by atoms with E-state index in [1.807, 2.05) is 30.3 Å². The topological polar surface area (TPSA) is 76.6 Å². The van der Waals surface area contributed by atoms with Gasteiger partial charge < -0.3 is 19.9 Å². The molecule has 132 valence electrons. The van der Waals surface area contributed by atoms with Crippen LogP contribution in [0.25, 0.3) is 10.9 Å². The molecule has 0 atom stereocenters. The fourth-order valence-corrected chi connectivity index (χ4v) is 3.38. The fraction of sp³-hybridized carbons (Fsp3) is 0.200. The molecule has 6 nitrogen and oxygen atoms in total. The van der Waals surface area contributed by atoms with Crippen LogP contribution in [0.3, 0.4) is 0 Å². The van der Waals surface area contributed by atoms with E-state index in [0.717, 1.165) is 11.1 Å². The Morgan fingerprint density at radius 1 is 0.962 bits per heavy atom. The van der Waals surface area contributed by atoms with E-state index in [9.17, 15) is 14.7 Å². The first-order chi connectivity index (χ1) is 12.6. The number of fused-ring (bicyclic) bond motifs is 1. The maximum atomic E-state index is 13.0. The van der Waals surface area contributed by atoms with E-state index < -0.39 is 0 Å². The van der Waals surface area contributed by atoms with Crippen molar-refractivity contribution in [3.05, 3.63) is 70.5 Å². The number of rotatable bonds is 2. The van der Waals surface area contributed by atoms with E-state index in [2.05, 4.69) is 9.88 Å². The number of nitrogens with zero attached hydrogens (tertiary/aromatic N) is 2. The molecule has 1 aliphatic heterocycles. The van der Waals surface area contributed by atoms with Gasteiger partial charge in [-0.05, 0) is 30.3 Å². The second-order valence-electron chi connectivity index (χ2n) is 6.39. The van der Waals surface area contributed by atoms with Crippen molar-refractivity contribution in [3.8, 4) is 5.75 Å². The zero-order valence-corrected chi connectivity index (χ0v) is 14.2. The molecule has 0 saturated carbocycles. The molecule has 6 heteroatoms. The van der Waals surface area contributed by atoms with Crippen LogP contribution in [0.1, 0.15) is 10.4 Å². The smallest absolute Gasteiger partial charge is 0.254 e. The van der Waals surface area contributed by atoms with E-state index in [-0.39, 0.29) is 17.2 Å². The minimum absolute atomic E-state index is 0.113. The normalized spacial score (nSPS) is 14.6. The number of phenolic OH excluding ortho intramolecular Hbond substituents is 1. The summed E-state index contributed by atoms with van der Waals surface area (Å²) in [5.41, 5.74) is 1.87. The van der Waals surface area contributed by atoms with Gasteiger partial charge in [-0.3, -0.25) is 9.59 Å². The number of anilines is 1. The van der Waals surface area contributed by atoms with Gasteiger partial charge in [0.2, 0.25) is 5.56 Å². The van der Waals surface area contributed by atoms with Gasteiger partial charge in [0, 0.05) is 48.8 Å². The van der Waals surface area contributed by atoms with Crippen LogP contribution >= 0.6 is 0 Å². The summed E-state index contributed by atoms with van der Waals surface area (Å²) in [5.74, 6) is 0.126. The number of hydrogen-bond donors (Lipinski definition) is 2. The summed E-state index contributed by atoms with van der Waals surface area (Å²) in [7, 11) is 0. The Kier molecular flexibility index (Phi) is 4.08. The SMILES string of the molecule is O=C(c1cc(=O)[nH]c2ccccc12)N1CCN(c2ccc(O)cc2)CC1. The summed E-state index contributed by atoms with van der Waals surface area (Å²) in [6.45, 7) is 2.58. The first-order valence-corrected chi connectivity index (χ1v) is 8.57. The Labute approximate surface area is 150 Å². The van der Waals surface area contributed by atoms with Gasteiger partial charge in [0.1, 0.15) is 5.75 Å². The summed E-state index contributed by atoms with van der Waals surface area (Å²) < 4.78 is 0. The second kappa shape index (κ2) is 6.55. The van der Waals surface area contributed by atoms with Gasteiger partial charge in [0.15, 0.2) is 0 Å². The molecule has 0 radical (unpaired) electrons. The minimum atomic E-state index is -0.269. The van der Waals surface area contributed by atoms with Crippen LogP contribution in [0, 0.1) is 0 Å². The van der Waals surface area contributed by atoms with Crippen LogP contribution in [0.2, 0.25) is 0 Å². The number of piperazine rings is 1. The minimum Gasteiger partial charge on any atom is -0.508 e. The number of hydrogen-bond acceptors (Lipinski definition) is 4. The second-order valence-corrected chi connectivity index (χ2v) is 6.39. The van der Waals surface area contributed by atoms with Gasteiger partial charge in [-0.1, -0.05) is 18.2 Å². The molecule has 2 heterocycles. The largest absolute Gasteiger partial charge is 0.508 e. The molecule has 1 fully saturated rings. The molecule has 2 aromatic carbocycles. The van der Waals surface area contributed by atoms with Crippen molar-refractivity contribution in [1.29, 1.82) is 0 Å². The summed E-state index contributed by atoms with van der Waals surface area (Å²) in [5, 5.41) is 10.2. The number of benzene rings is 2. The van der Waals surface area contributed by atoms with Crippen LogP contribution in [0.4, 0.5) is 5.69 Å². The van der Waals surface area contributed by atoms with E-state index >= 15 is 0 Å². The van der Waals surface area contributed by atoms with Gasteiger partial charge in [-0.2, -0.15) is 0 Å². The Balaban J connectivity index is 1.54. The highest BCUT2D eigenvalue weighted by atomic mass is 16.3. The number of carbonyl (C=O) groups excluding carboxylic acids is 1. The molecule has 1 aromatic heterocycles. The van der Waals surface area contributed by atoms with E-state index in [1.165, 1.54) is 6.07 Å². The van der Waals surface area contributed by atoms with Crippen LogP contribution in [0.15, 0.2) is 59.4 Å². The monoisotopic (exact) mass is 349 g/mol. The molecule has 0 unspecified atom stereocenters. The molecule has 2 N–H and O–H groups in total. The van der Waals surface area contributed by atoms with Crippen LogP contribution in [0.5, 0.6) is 5.75 Å².